The molecule has 2 aliphatic rings. The number of benzene rings is 2. The van der Waals surface area contributed by atoms with Crippen LogP contribution in [0.1, 0.15) is 47.1 Å². The number of carbonyl (C=O) groups is 5. The van der Waals surface area contributed by atoms with Crippen molar-refractivity contribution in [3.8, 4) is 0 Å². The molecule has 4 rings (SSSR count). The average Bonchev–Trinajstić information content (AvgIpc) is 3.07. The summed E-state index contributed by atoms with van der Waals surface area (Å²) in [7, 11) is 0. The first-order valence-electron chi connectivity index (χ1n) is 11.3. The van der Waals surface area contributed by atoms with Gasteiger partial charge in [-0.3, -0.25) is 14.5 Å². The number of imide groups is 1. The fourth-order valence-corrected chi connectivity index (χ4v) is 3.90. The van der Waals surface area contributed by atoms with Gasteiger partial charge in [-0.1, -0.05) is 24.3 Å². The molecule has 2 aliphatic heterocycles. The lowest BCUT2D eigenvalue weighted by Gasteiger charge is -2.29. The number of hydrogen-bond acceptors (Lipinski definition) is 9. The Bertz CT molecular complexity index is 1220. The SMILES string of the molecule is CCOC(=O)C(Cc1ccc(NC=C2C(=O)OC(C)(C)OC2=O)cc1)N1C(=O)c2ccccc2C1=O. The zero-order chi connectivity index (χ0) is 26.0. The van der Waals surface area contributed by atoms with Gasteiger partial charge >= 0.3 is 17.9 Å². The minimum absolute atomic E-state index is 0.0411. The molecule has 0 spiro atoms. The first-order valence-corrected chi connectivity index (χ1v) is 11.3. The monoisotopic (exact) mass is 492 g/mol. The van der Waals surface area contributed by atoms with Crippen molar-refractivity contribution in [2.45, 2.75) is 39.0 Å². The minimum Gasteiger partial charge on any atom is -0.464 e. The van der Waals surface area contributed by atoms with Crippen LogP contribution in [0.2, 0.25) is 0 Å². The van der Waals surface area contributed by atoms with Crippen LogP contribution in [0.4, 0.5) is 5.69 Å². The summed E-state index contributed by atoms with van der Waals surface area (Å²) in [4.78, 5) is 63.7. The molecule has 0 aromatic heterocycles. The zero-order valence-electron chi connectivity index (χ0n) is 19.9. The van der Waals surface area contributed by atoms with E-state index in [0.717, 1.165) is 4.90 Å². The highest BCUT2D eigenvalue weighted by molar-refractivity contribution is 6.22. The molecule has 10 nitrogen and oxygen atoms in total. The van der Waals surface area contributed by atoms with Crippen molar-refractivity contribution in [1.82, 2.24) is 4.90 Å². The molecule has 2 heterocycles. The Morgan fingerprint density at radius 3 is 2.06 bits per heavy atom. The second-order valence-electron chi connectivity index (χ2n) is 8.58. The number of nitrogens with zero attached hydrogens (tertiary/aromatic N) is 1. The number of hydrogen-bond donors (Lipinski definition) is 1. The molecular weight excluding hydrogens is 468 g/mol. The summed E-state index contributed by atoms with van der Waals surface area (Å²) in [5, 5.41) is 2.83. The lowest BCUT2D eigenvalue weighted by Crippen LogP contribution is -2.47. The largest absolute Gasteiger partial charge is 0.464 e. The van der Waals surface area contributed by atoms with Gasteiger partial charge in [-0.2, -0.15) is 0 Å². The van der Waals surface area contributed by atoms with E-state index in [-0.39, 0.29) is 29.7 Å². The van der Waals surface area contributed by atoms with Gasteiger partial charge in [0.25, 0.3) is 17.6 Å². The molecule has 186 valence electrons. The van der Waals surface area contributed by atoms with Crippen LogP contribution in [0.15, 0.2) is 60.3 Å². The molecular formula is C26H24N2O8. The van der Waals surface area contributed by atoms with E-state index in [1.165, 1.54) is 20.0 Å². The van der Waals surface area contributed by atoms with Gasteiger partial charge in [0.2, 0.25) is 0 Å². The fraction of sp³-hybridized carbons (Fsp3) is 0.269. The summed E-state index contributed by atoms with van der Waals surface area (Å²) in [6, 6.07) is 11.9. The maximum Gasteiger partial charge on any atom is 0.350 e. The normalized spacial score (nSPS) is 17.2. The number of carbonyl (C=O) groups excluding carboxylic acids is 5. The lowest BCUT2D eigenvalue weighted by molar-refractivity contribution is -0.222. The topological polar surface area (TPSA) is 128 Å². The summed E-state index contributed by atoms with van der Waals surface area (Å²) >= 11 is 0. The number of anilines is 1. The van der Waals surface area contributed by atoms with Gasteiger partial charge in [-0.15, -0.1) is 0 Å². The molecule has 2 amide bonds. The van der Waals surface area contributed by atoms with E-state index in [1.54, 1.807) is 55.5 Å². The van der Waals surface area contributed by atoms with E-state index >= 15 is 0 Å². The molecule has 0 aliphatic carbocycles. The second kappa shape index (κ2) is 9.65. The first kappa shape index (κ1) is 24.6. The number of rotatable bonds is 7. The average molecular weight is 492 g/mol. The molecule has 2 aromatic rings. The van der Waals surface area contributed by atoms with Gasteiger partial charge in [0.15, 0.2) is 5.57 Å². The third-order valence-electron chi connectivity index (χ3n) is 5.58. The van der Waals surface area contributed by atoms with E-state index in [2.05, 4.69) is 5.32 Å². The number of ether oxygens (including phenoxy) is 3. The van der Waals surface area contributed by atoms with Crippen LogP contribution in [0.25, 0.3) is 0 Å². The van der Waals surface area contributed by atoms with Crippen LogP contribution in [-0.2, 0) is 35.0 Å². The van der Waals surface area contributed by atoms with E-state index in [4.69, 9.17) is 14.2 Å². The summed E-state index contributed by atoms with van der Waals surface area (Å²) in [5.74, 6) is -4.73. The van der Waals surface area contributed by atoms with Gasteiger partial charge < -0.3 is 19.5 Å². The van der Waals surface area contributed by atoms with Gasteiger partial charge in [0, 0.05) is 32.2 Å². The number of nitrogens with one attached hydrogen (secondary N) is 1. The molecule has 0 saturated carbocycles. The molecule has 1 N–H and O–H groups in total. The number of esters is 3. The van der Waals surface area contributed by atoms with Gasteiger partial charge in [0.1, 0.15) is 6.04 Å². The van der Waals surface area contributed by atoms with Crippen LogP contribution in [-0.4, -0.2) is 53.1 Å². The number of amides is 2. The van der Waals surface area contributed by atoms with Crippen molar-refractivity contribution in [1.29, 1.82) is 0 Å². The molecule has 1 saturated heterocycles. The van der Waals surface area contributed by atoms with Crippen molar-refractivity contribution in [2.24, 2.45) is 0 Å². The van der Waals surface area contributed by atoms with Crippen molar-refractivity contribution in [3.05, 3.63) is 77.0 Å². The first-order chi connectivity index (χ1) is 17.1. The smallest absolute Gasteiger partial charge is 0.350 e. The Balaban J connectivity index is 1.50. The third kappa shape index (κ3) is 4.83. The van der Waals surface area contributed by atoms with E-state index in [1.807, 2.05) is 0 Å². The van der Waals surface area contributed by atoms with Crippen LogP contribution in [0, 0.1) is 0 Å². The molecule has 1 fully saturated rings. The van der Waals surface area contributed by atoms with Gasteiger partial charge in [-0.05, 0) is 36.8 Å². The predicted molar refractivity (Wildman–Crippen MR) is 125 cm³/mol. The quantitative estimate of drug-likeness (QED) is 0.268. The van der Waals surface area contributed by atoms with Gasteiger partial charge in [-0.25, -0.2) is 14.4 Å². The van der Waals surface area contributed by atoms with Crippen LogP contribution in [0.5, 0.6) is 0 Å². The summed E-state index contributed by atoms with van der Waals surface area (Å²) < 4.78 is 15.2. The molecule has 2 aromatic carbocycles. The number of cyclic esters (lactones) is 2. The lowest BCUT2D eigenvalue weighted by atomic mass is 10.0. The minimum atomic E-state index is -1.33. The summed E-state index contributed by atoms with van der Waals surface area (Å²) in [5.41, 5.74) is 1.39. The highest BCUT2D eigenvalue weighted by atomic mass is 16.7. The highest BCUT2D eigenvalue weighted by Crippen LogP contribution is 2.27. The fourth-order valence-electron chi connectivity index (χ4n) is 3.90. The molecule has 1 unspecified atom stereocenters. The molecule has 10 heteroatoms. The van der Waals surface area contributed by atoms with E-state index < -0.39 is 41.6 Å². The Hall–Kier alpha value is -4.47. The third-order valence-corrected chi connectivity index (χ3v) is 5.58. The zero-order valence-corrected chi connectivity index (χ0v) is 19.9. The standard InChI is InChI=1S/C26H24N2O8/c1-4-34-25(33)20(28-21(29)17-7-5-6-8-18(17)22(28)30)13-15-9-11-16(12-10-15)27-14-19-23(31)35-26(2,3)36-24(19)32/h5-12,14,20,27H,4,13H2,1-3H3. The van der Waals surface area contributed by atoms with Crippen molar-refractivity contribution < 1.29 is 38.2 Å². The number of fused-ring (bicyclic) bond motifs is 1. The predicted octanol–water partition coefficient (Wildman–Crippen LogP) is 2.59. The maximum atomic E-state index is 12.9. The molecule has 0 radical (unpaired) electrons. The highest BCUT2D eigenvalue weighted by Gasteiger charge is 2.43. The van der Waals surface area contributed by atoms with Gasteiger partial charge in [0.05, 0.1) is 17.7 Å². The van der Waals surface area contributed by atoms with Crippen LogP contribution < -0.4 is 5.32 Å². The second-order valence-corrected chi connectivity index (χ2v) is 8.58. The Morgan fingerprint density at radius 2 is 1.53 bits per heavy atom. The summed E-state index contributed by atoms with van der Waals surface area (Å²) in [6.45, 7) is 4.65. The molecule has 36 heavy (non-hydrogen) atoms. The Morgan fingerprint density at radius 1 is 0.972 bits per heavy atom. The van der Waals surface area contributed by atoms with E-state index in [0.29, 0.717) is 11.3 Å². The van der Waals surface area contributed by atoms with Crippen LogP contribution in [0.3, 0.4) is 0 Å². The summed E-state index contributed by atoms with van der Waals surface area (Å²) in [6.07, 6.45) is 1.23. The molecule has 0 bridgehead atoms. The maximum absolute atomic E-state index is 12.9. The van der Waals surface area contributed by atoms with E-state index in [9.17, 15) is 24.0 Å². The van der Waals surface area contributed by atoms with Crippen molar-refractivity contribution in [2.75, 3.05) is 11.9 Å². The van der Waals surface area contributed by atoms with Crippen LogP contribution >= 0.6 is 0 Å². The molecule has 1 atom stereocenters. The van der Waals surface area contributed by atoms with Crippen molar-refractivity contribution in [3.63, 3.8) is 0 Å². The van der Waals surface area contributed by atoms with Crippen molar-refractivity contribution >= 4 is 35.4 Å². The Kier molecular flexibility index (Phi) is 6.61. The Labute approximate surface area is 206 Å².